The van der Waals surface area contributed by atoms with Crippen LogP contribution >= 0.6 is 11.8 Å². The second-order valence-corrected chi connectivity index (χ2v) is 14.3. The highest BCUT2D eigenvalue weighted by atomic mass is 32.2. The Balaban J connectivity index is 1.03. The molecule has 5 rings (SSSR count). The molecule has 2 fully saturated rings. The van der Waals surface area contributed by atoms with E-state index in [0.717, 1.165) is 101 Å². The Bertz CT molecular complexity index is 1640. The Morgan fingerprint density at radius 1 is 0.938 bits per heavy atom. The van der Waals surface area contributed by atoms with Crippen molar-refractivity contribution in [3.63, 3.8) is 0 Å². The predicted molar refractivity (Wildman–Crippen MR) is 195 cm³/mol. The molecular formula is C37H52N6O4S. The van der Waals surface area contributed by atoms with Gasteiger partial charge in [-0.25, -0.2) is 4.79 Å². The summed E-state index contributed by atoms with van der Waals surface area (Å²) in [5.41, 5.74) is 6.25. The fourth-order valence-electron chi connectivity index (χ4n) is 6.83. The number of benzene rings is 2. The minimum Gasteiger partial charge on any atom is -0.456 e. The van der Waals surface area contributed by atoms with E-state index >= 15 is 0 Å². The molecule has 11 heteroatoms. The quantitative estimate of drug-likeness (QED) is 0.0721. The highest BCUT2D eigenvalue weighted by Crippen LogP contribution is 2.37. The number of aryl methyl sites for hydroxylation is 3. The number of fused-ring (bicyclic) bond motifs is 3. The van der Waals surface area contributed by atoms with E-state index in [0.29, 0.717) is 44.1 Å². The molecule has 260 valence electrons. The van der Waals surface area contributed by atoms with Gasteiger partial charge in [0.25, 0.3) is 0 Å². The molecule has 4 aliphatic rings. The summed E-state index contributed by atoms with van der Waals surface area (Å²) in [6, 6.07) is 8.82. The van der Waals surface area contributed by atoms with Crippen molar-refractivity contribution in [2.75, 3.05) is 37.2 Å². The molecular weight excluding hydrogens is 625 g/mol. The van der Waals surface area contributed by atoms with Crippen molar-refractivity contribution in [1.82, 2.24) is 21.3 Å². The minimum absolute atomic E-state index is 0.0406. The van der Waals surface area contributed by atoms with Gasteiger partial charge < -0.3 is 31.0 Å². The molecule has 0 spiro atoms. The molecule has 10 nitrogen and oxygen atoms in total. The molecule has 0 radical (unpaired) electrons. The molecule has 0 unspecified atom stereocenters. The van der Waals surface area contributed by atoms with Crippen molar-refractivity contribution in [2.45, 2.75) is 103 Å². The Kier molecular flexibility index (Phi) is 12.7. The Hall–Kier alpha value is -3.73. The van der Waals surface area contributed by atoms with Crippen LogP contribution in [-0.2, 0) is 16.0 Å². The molecule has 3 aliphatic heterocycles. The number of unbranched alkanes of at least 4 members (excludes halogenated alkanes) is 3. The summed E-state index contributed by atoms with van der Waals surface area (Å²) in [5, 5.41) is 18.0. The van der Waals surface area contributed by atoms with E-state index in [-0.39, 0.29) is 29.9 Å². The average Bonchev–Trinajstić information content (AvgIpc) is 3.61. The lowest BCUT2D eigenvalue weighted by atomic mass is 9.93. The summed E-state index contributed by atoms with van der Waals surface area (Å²) >= 11 is 1.91. The number of nitrogens with one attached hydrogen (secondary N) is 5. The van der Waals surface area contributed by atoms with E-state index in [2.05, 4.69) is 70.5 Å². The summed E-state index contributed by atoms with van der Waals surface area (Å²) in [7, 11) is 0. The van der Waals surface area contributed by atoms with Gasteiger partial charge in [0.15, 0.2) is 0 Å². The lowest BCUT2D eigenvalue weighted by molar-refractivity contribution is -0.121. The van der Waals surface area contributed by atoms with Crippen LogP contribution in [0.1, 0.15) is 81.9 Å². The van der Waals surface area contributed by atoms with Crippen molar-refractivity contribution in [1.29, 1.82) is 0 Å². The third kappa shape index (κ3) is 9.03. The topological polar surface area (TPSA) is 137 Å². The lowest BCUT2D eigenvalue weighted by Gasteiger charge is -2.18. The summed E-state index contributed by atoms with van der Waals surface area (Å²) in [6.45, 7) is 11.1. The zero-order valence-electron chi connectivity index (χ0n) is 28.9. The third-order valence-corrected chi connectivity index (χ3v) is 10.9. The number of amides is 4. The Morgan fingerprint density at radius 2 is 1.71 bits per heavy atom. The van der Waals surface area contributed by atoms with Gasteiger partial charge in [-0.05, 0) is 95.0 Å². The van der Waals surface area contributed by atoms with Gasteiger partial charge in [-0.15, -0.1) is 0 Å². The van der Waals surface area contributed by atoms with Gasteiger partial charge in [0.2, 0.25) is 11.8 Å². The smallest absolute Gasteiger partial charge is 0.315 e. The van der Waals surface area contributed by atoms with Crippen molar-refractivity contribution in [3.8, 4) is 11.3 Å². The molecule has 3 atom stereocenters. The summed E-state index contributed by atoms with van der Waals surface area (Å²) in [5.74, 6) is 1.89. The maximum atomic E-state index is 12.9. The SMILES string of the molecule is CCN=c1cc2oc3cc(NCC)c(C)cc3c(CCC(=O)NCCCCCNC(=O)CCCC[C@@H]3SC[C@@H]4NC(=O)N[C@@H]43)c-2cc1C. The van der Waals surface area contributed by atoms with E-state index in [1.54, 1.807) is 0 Å². The van der Waals surface area contributed by atoms with Crippen LogP contribution in [0.15, 0.2) is 33.7 Å². The van der Waals surface area contributed by atoms with Gasteiger partial charge in [0, 0.05) is 78.8 Å². The van der Waals surface area contributed by atoms with Crippen LogP contribution in [0.3, 0.4) is 0 Å². The molecule has 2 saturated heterocycles. The lowest BCUT2D eigenvalue weighted by Crippen LogP contribution is -2.36. The molecule has 3 heterocycles. The van der Waals surface area contributed by atoms with Crippen LogP contribution in [0.4, 0.5) is 10.5 Å². The molecule has 48 heavy (non-hydrogen) atoms. The first-order valence-corrected chi connectivity index (χ1v) is 18.8. The van der Waals surface area contributed by atoms with Crippen LogP contribution in [0, 0.1) is 13.8 Å². The first-order chi connectivity index (χ1) is 23.3. The average molecular weight is 677 g/mol. The summed E-state index contributed by atoms with van der Waals surface area (Å²) in [6.07, 6.45) is 7.12. The zero-order valence-corrected chi connectivity index (χ0v) is 29.7. The van der Waals surface area contributed by atoms with E-state index < -0.39 is 0 Å². The molecule has 0 bridgehead atoms. The maximum Gasteiger partial charge on any atom is 0.315 e. The fraction of sp³-hybridized carbons (Fsp3) is 0.568. The Morgan fingerprint density at radius 3 is 2.46 bits per heavy atom. The number of urea groups is 1. The van der Waals surface area contributed by atoms with Gasteiger partial charge in [0.1, 0.15) is 11.3 Å². The van der Waals surface area contributed by atoms with Gasteiger partial charge in [-0.1, -0.05) is 6.42 Å². The standard InChI is InChI=1S/C37H52N6O4S/c1-5-38-28-20-31-26(18-23(28)3)25(27-19-24(4)29(39-6-2)21-32(27)47-31)14-15-35(45)41-17-11-7-10-16-40-34(44)13-9-8-12-33-36-30(22-48-33)42-37(46)43-36/h18-21,30,33,36,38H,5-17,22H2,1-4H3,(H,40,44)(H,41,45)(H2,42,43,46)/t30-,33-,36-/m0/s1. The van der Waals surface area contributed by atoms with Gasteiger partial charge in [-0.3, -0.25) is 14.6 Å². The highest BCUT2D eigenvalue weighted by molar-refractivity contribution is 8.00. The summed E-state index contributed by atoms with van der Waals surface area (Å²) < 4.78 is 6.42. The van der Waals surface area contributed by atoms with Gasteiger partial charge in [0.05, 0.1) is 17.4 Å². The number of hydrogen-bond acceptors (Lipinski definition) is 7. The zero-order chi connectivity index (χ0) is 34.0. The van der Waals surface area contributed by atoms with E-state index in [1.165, 1.54) is 0 Å². The monoisotopic (exact) mass is 676 g/mol. The normalized spacial score (nSPS) is 19.0. The van der Waals surface area contributed by atoms with E-state index in [9.17, 15) is 14.4 Å². The number of nitrogens with zero attached hydrogens (tertiary/aromatic N) is 1. The first kappa shape index (κ1) is 35.6. The molecule has 1 aliphatic carbocycles. The second-order valence-electron chi connectivity index (χ2n) is 13.0. The largest absolute Gasteiger partial charge is 0.456 e. The van der Waals surface area contributed by atoms with E-state index in [1.807, 2.05) is 24.8 Å². The molecule has 0 aromatic heterocycles. The van der Waals surface area contributed by atoms with E-state index in [4.69, 9.17) is 4.42 Å². The number of anilines is 1. The van der Waals surface area contributed by atoms with Crippen LogP contribution in [-0.4, -0.2) is 67.1 Å². The number of carbonyl (C=O) groups is 3. The van der Waals surface area contributed by atoms with Gasteiger partial charge >= 0.3 is 6.03 Å². The minimum atomic E-state index is -0.0538. The predicted octanol–water partition coefficient (Wildman–Crippen LogP) is 5.57. The van der Waals surface area contributed by atoms with Crippen molar-refractivity contribution in [2.24, 2.45) is 4.99 Å². The van der Waals surface area contributed by atoms with Crippen LogP contribution < -0.4 is 31.9 Å². The first-order valence-electron chi connectivity index (χ1n) is 17.7. The van der Waals surface area contributed by atoms with Crippen molar-refractivity contribution >= 4 is 46.3 Å². The van der Waals surface area contributed by atoms with Crippen LogP contribution in [0.5, 0.6) is 0 Å². The van der Waals surface area contributed by atoms with Crippen molar-refractivity contribution in [3.05, 3.63) is 46.3 Å². The molecule has 1 aromatic carbocycles. The fourth-order valence-corrected chi connectivity index (χ4v) is 8.38. The van der Waals surface area contributed by atoms with Crippen molar-refractivity contribution < 1.29 is 18.8 Å². The third-order valence-electron chi connectivity index (χ3n) is 9.37. The van der Waals surface area contributed by atoms with Gasteiger partial charge in [-0.2, -0.15) is 11.8 Å². The van der Waals surface area contributed by atoms with Crippen LogP contribution in [0.25, 0.3) is 22.3 Å². The number of rotatable bonds is 17. The molecule has 0 saturated carbocycles. The van der Waals surface area contributed by atoms with Crippen LogP contribution in [0.2, 0.25) is 0 Å². The maximum absolute atomic E-state index is 12.9. The molecule has 1 aromatic rings. The molecule has 4 amide bonds. The summed E-state index contributed by atoms with van der Waals surface area (Å²) in [4.78, 5) is 41.4. The molecule has 5 N–H and O–H groups in total. The number of carbonyl (C=O) groups excluding carboxylic acids is 3. The second kappa shape index (κ2) is 17.1. The highest BCUT2D eigenvalue weighted by Gasteiger charge is 2.42. The number of thioether (sulfide) groups is 1. The number of hydrogen-bond donors (Lipinski definition) is 5. The Labute approximate surface area is 288 Å².